The van der Waals surface area contributed by atoms with E-state index in [0.29, 0.717) is 17.7 Å². The Labute approximate surface area is 126 Å². The summed E-state index contributed by atoms with van der Waals surface area (Å²) in [5.74, 6) is -0.303. The molecule has 1 atom stereocenters. The van der Waals surface area contributed by atoms with Crippen LogP contribution in [0.25, 0.3) is 0 Å². The maximum Gasteiger partial charge on any atom is 0.251 e. The molecule has 0 heterocycles. The maximum absolute atomic E-state index is 12.0. The van der Waals surface area contributed by atoms with Crippen molar-refractivity contribution < 1.29 is 9.59 Å². The number of rotatable bonds is 7. The number of benzene rings is 1. The minimum Gasteiger partial charge on any atom is -0.351 e. The first-order valence-electron chi connectivity index (χ1n) is 7.28. The van der Waals surface area contributed by atoms with Crippen LogP contribution in [0.4, 0.5) is 0 Å². The van der Waals surface area contributed by atoms with Gasteiger partial charge in [0.15, 0.2) is 0 Å². The van der Waals surface area contributed by atoms with E-state index in [1.165, 1.54) is 0 Å². The molecule has 5 nitrogen and oxygen atoms in total. The minimum absolute atomic E-state index is 0.120. The molecule has 0 radical (unpaired) electrons. The van der Waals surface area contributed by atoms with Crippen molar-refractivity contribution in [1.82, 2.24) is 15.5 Å². The van der Waals surface area contributed by atoms with Gasteiger partial charge in [-0.2, -0.15) is 0 Å². The van der Waals surface area contributed by atoms with Crippen LogP contribution < -0.4 is 10.6 Å². The summed E-state index contributed by atoms with van der Waals surface area (Å²) in [5, 5.41) is 5.73. The van der Waals surface area contributed by atoms with Crippen molar-refractivity contribution in [3.8, 4) is 0 Å². The first kappa shape index (κ1) is 17.2. The van der Waals surface area contributed by atoms with Crippen molar-refractivity contribution in [1.29, 1.82) is 0 Å². The fraction of sp³-hybridized carbons (Fsp3) is 0.500. The number of nitrogens with zero attached hydrogens (tertiary/aromatic N) is 1. The summed E-state index contributed by atoms with van der Waals surface area (Å²) in [6.07, 6.45) is 0.871. The van der Waals surface area contributed by atoms with Crippen molar-refractivity contribution in [2.75, 3.05) is 27.2 Å². The fourth-order valence-corrected chi connectivity index (χ4v) is 1.71. The Bertz CT molecular complexity index is 486. The number of carbonyl (C=O) groups is 2. The van der Waals surface area contributed by atoms with Gasteiger partial charge in [0.25, 0.3) is 11.8 Å². The summed E-state index contributed by atoms with van der Waals surface area (Å²) in [5.41, 5.74) is 1.01. The molecule has 0 aliphatic rings. The lowest BCUT2D eigenvalue weighted by atomic mass is 10.1. The van der Waals surface area contributed by atoms with Gasteiger partial charge in [-0.15, -0.1) is 0 Å². The Morgan fingerprint density at radius 2 is 1.81 bits per heavy atom. The van der Waals surface area contributed by atoms with Crippen LogP contribution >= 0.6 is 0 Å². The second-order valence-corrected chi connectivity index (χ2v) is 5.42. The average Bonchev–Trinajstić information content (AvgIpc) is 2.46. The molecule has 0 aliphatic carbocycles. The zero-order chi connectivity index (χ0) is 15.8. The topological polar surface area (TPSA) is 61.4 Å². The van der Waals surface area contributed by atoms with Crippen LogP contribution in [0, 0.1) is 0 Å². The van der Waals surface area contributed by atoms with Gasteiger partial charge in [0.1, 0.15) is 0 Å². The van der Waals surface area contributed by atoms with E-state index in [-0.39, 0.29) is 17.9 Å². The molecule has 0 aliphatic heterocycles. The largest absolute Gasteiger partial charge is 0.351 e. The minimum atomic E-state index is -0.157. The van der Waals surface area contributed by atoms with Crippen molar-refractivity contribution in [3.63, 3.8) is 0 Å². The lowest BCUT2D eigenvalue weighted by Gasteiger charge is -2.12. The maximum atomic E-state index is 12.0. The number of carbonyl (C=O) groups excluding carboxylic acids is 2. The summed E-state index contributed by atoms with van der Waals surface area (Å²) >= 11 is 0. The molecule has 1 aromatic rings. The summed E-state index contributed by atoms with van der Waals surface area (Å²) in [4.78, 5) is 26.1. The van der Waals surface area contributed by atoms with Crippen LogP contribution in [-0.4, -0.2) is 49.9 Å². The van der Waals surface area contributed by atoms with Crippen LogP contribution in [0.5, 0.6) is 0 Å². The molecular weight excluding hydrogens is 266 g/mol. The Kier molecular flexibility index (Phi) is 6.88. The van der Waals surface area contributed by atoms with Gasteiger partial charge in [-0.3, -0.25) is 9.59 Å². The highest BCUT2D eigenvalue weighted by molar-refractivity contribution is 5.99. The molecule has 0 aromatic heterocycles. The second-order valence-electron chi connectivity index (χ2n) is 5.42. The Balaban J connectivity index is 2.67. The van der Waals surface area contributed by atoms with E-state index < -0.39 is 0 Å². The first-order chi connectivity index (χ1) is 9.93. The lowest BCUT2D eigenvalue weighted by Crippen LogP contribution is -2.33. The van der Waals surface area contributed by atoms with Crippen LogP contribution in [0.1, 0.15) is 41.0 Å². The van der Waals surface area contributed by atoms with E-state index in [0.717, 1.165) is 13.0 Å². The van der Waals surface area contributed by atoms with E-state index >= 15 is 0 Å². The number of amides is 2. The van der Waals surface area contributed by atoms with Gasteiger partial charge < -0.3 is 15.5 Å². The third kappa shape index (κ3) is 5.95. The van der Waals surface area contributed by atoms with Crippen LogP contribution in [-0.2, 0) is 0 Å². The van der Waals surface area contributed by atoms with Crippen LogP contribution in [0.15, 0.2) is 24.3 Å². The molecule has 0 spiro atoms. The number of hydrogen-bond acceptors (Lipinski definition) is 3. The number of hydrogen-bond donors (Lipinski definition) is 2. The highest BCUT2D eigenvalue weighted by Gasteiger charge is 2.11. The van der Waals surface area contributed by atoms with Gasteiger partial charge in [-0.05, 0) is 45.6 Å². The number of likely N-dealkylation sites (N-methyl/N-ethyl adjacent to an activating group) is 1. The highest BCUT2D eigenvalue weighted by Crippen LogP contribution is 2.06. The Hall–Kier alpha value is -1.88. The summed E-state index contributed by atoms with van der Waals surface area (Å²) in [6, 6.07) is 6.91. The quantitative estimate of drug-likeness (QED) is 0.800. The van der Waals surface area contributed by atoms with Crippen molar-refractivity contribution in [3.05, 3.63) is 35.4 Å². The fourth-order valence-electron chi connectivity index (χ4n) is 1.71. The van der Waals surface area contributed by atoms with E-state index in [4.69, 9.17) is 0 Å². The first-order valence-corrected chi connectivity index (χ1v) is 7.28. The smallest absolute Gasteiger partial charge is 0.251 e. The van der Waals surface area contributed by atoms with Gasteiger partial charge >= 0.3 is 0 Å². The highest BCUT2D eigenvalue weighted by atomic mass is 16.2. The molecule has 2 N–H and O–H groups in total. The van der Waals surface area contributed by atoms with E-state index in [1.54, 1.807) is 24.3 Å². The SMILES string of the molecule is CCC(C)NC(=O)c1cccc(C(=O)NCCN(C)C)c1. The molecule has 0 saturated carbocycles. The standard InChI is InChI=1S/C16H25N3O2/c1-5-12(2)18-16(21)14-8-6-7-13(11-14)15(20)17-9-10-19(3)4/h6-8,11-12H,5,9-10H2,1-4H3,(H,17,20)(H,18,21). The summed E-state index contributed by atoms with van der Waals surface area (Å²) in [7, 11) is 3.90. The van der Waals surface area contributed by atoms with Crippen molar-refractivity contribution >= 4 is 11.8 Å². The second kappa shape index (κ2) is 8.42. The van der Waals surface area contributed by atoms with Gasteiger partial charge in [-0.1, -0.05) is 13.0 Å². The van der Waals surface area contributed by atoms with E-state index in [9.17, 15) is 9.59 Å². The predicted molar refractivity (Wildman–Crippen MR) is 84.5 cm³/mol. The molecule has 0 saturated heterocycles. The molecular formula is C16H25N3O2. The molecule has 1 unspecified atom stereocenters. The van der Waals surface area contributed by atoms with Crippen LogP contribution in [0.2, 0.25) is 0 Å². The molecule has 1 rings (SSSR count). The molecule has 21 heavy (non-hydrogen) atoms. The molecule has 5 heteroatoms. The Morgan fingerprint density at radius 3 is 2.38 bits per heavy atom. The van der Waals surface area contributed by atoms with E-state index in [2.05, 4.69) is 10.6 Å². The molecule has 116 valence electrons. The van der Waals surface area contributed by atoms with Crippen molar-refractivity contribution in [2.24, 2.45) is 0 Å². The zero-order valence-corrected chi connectivity index (χ0v) is 13.3. The van der Waals surface area contributed by atoms with E-state index in [1.807, 2.05) is 32.8 Å². The monoisotopic (exact) mass is 291 g/mol. The zero-order valence-electron chi connectivity index (χ0n) is 13.3. The number of nitrogens with one attached hydrogen (secondary N) is 2. The summed E-state index contributed by atoms with van der Waals surface area (Å²) < 4.78 is 0. The normalized spacial score (nSPS) is 12.0. The van der Waals surface area contributed by atoms with Crippen LogP contribution in [0.3, 0.4) is 0 Å². The Morgan fingerprint density at radius 1 is 1.19 bits per heavy atom. The third-order valence-electron chi connectivity index (χ3n) is 3.22. The average molecular weight is 291 g/mol. The van der Waals surface area contributed by atoms with Gasteiger partial charge in [0, 0.05) is 30.3 Å². The van der Waals surface area contributed by atoms with Gasteiger partial charge in [0.2, 0.25) is 0 Å². The molecule has 2 amide bonds. The summed E-state index contributed by atoms with van der Waals surface area (Å²) in [6.45, 7) is 5.32. The van der Waals surface area contributed by atoms with Gasteiger partial charge in [-0.25, -0.2) is 0 Å². The third-order valence-corrected chi connectivity index (χ3v) is 3.22. The molecule has 1 aromatic carbocycles. The van der Waals surface area contributed by atoms with Crippen molar-refractivity contribution in [2.45, 2.75) is 26.3 Å². The molecule has 0 fully saturated rings. The lowest BCUT2D eigenvalue weighted by molar-refractivity contribution is 0.0939. The molecule has 0 bridgehead atoms. The van der Waals surface area contributed by atoms with Gasteiger partial charge in [0.05, 0.1) is 0 Å². The predicted octanol–water partition coefficient (Wildman–Crippen LogP) is 1.51.